The molecular weight excluding hydrogens is 241 g/mol. The van der Waals surface area contributed by atoms with Gasteiger partial charge < -0.3 is 0 Å². The molecule has 50 valence electrons. The molecule has 0 aliphatic rings. The van der Waals surface area contributed by atoms with Crippen LogP contribution in [0, 0.1) is 3.70 Å². The third-order valence-electron chi connectivity index (χ3n) is 0.829. The van der Waals surface area contributed by atoms with Crippen LogP contribution < -0.4 is 0 Å². The Bertz CT molecular complexity index is 198. The minimum atomic E-state index is -2.47. The number of aromatic nitrogens is 2. The average Bonchev–Trinajstić information content (AvgIpc) is 2.13. The molecule has 0 amide bonds. The Kier molecular flexibility index (Phi) is 1.99. The van der Waals surface area contributed by atoms with Gasteiger partial charge in [-0.2, -0.15) is 8.78 Å². The van der Waals surface area contributed by atoms with Gasteiger partial charge in [-0.3, -0.25) is 4.57 Å². The monoisotopic (exact) mass is 244 g/mol. The van der Waals surface area contributed by atoms with E-state index in [2.05, 4.69) is 4.98 Å². The second kappa shape index (κ2) is 2.59. The molecular formula is C4H3F2IN2. The molecule has 1 heterocycles. The molecule has 5 heteroatoms. The summed E-state index contributed by atoms with van der Waals surface area (Å²) in [5.74, 6) is 0. The molecule has 0 atom stereocenters. The zero-order valence-corrected chi connectivity index (χ0v) is 6.42. The van der Waals surface area contributed by atoms with E-state index in [1.807, 2.05) is 0 Å². The lowest BCUT2D eigenvalue weighted by Crippen LogP contribution is -1.97. The summed E-state index contributed by atoms with van der Waals surface area (Å²) in [4.78, 5) is 3.52. The first-order chi connectivity index (χ1) is 4.22. The molecule has 1 rings (SSSR count). The van der Waals surface area contributed by atoms with E-state index in [-0.39, 0.29) is 0 Å². The lowest BCUT2D eigenvalue weighted by Gasteiger charge is -1.98. The second-order valence-corrected chi connectivity index (χ2v) is 2.51. The number of rotatable bonds is 1. The third-order valence-corrected chi connectivity index (χ3v) is 1.66. The molecule has 0 radical (unpaired) electrons. The predicted molar refractivity (Wildman–Crippen MR) is 36.2 cm³/mol. The van der Waals surface area contributed by atoms with Gasteiger partial charge >= 0.3 is 6.55 Å². The molecule has 9 heavy (non-hydrogen) atoms. The fourth-order valence-corrected chi connectivity index (χ4v) is 0.928. The SMILES string of the molecule is FC(F)n1cncc1I. The third kappa shape index (κ3) is 1.38. The van der Waals surface area contributed by atoms with Crippen molar-refractivity contribution in [1.82, 2.24) is 9.55 Å². The first kappa shape index (κ1) is 6.91. The van der Waals surface area contributed by atoms with Gasteiger partial charge in [-0.05, 0) is 22.6 Å². The Hall–Kier alpha value is -0.200. The standard InChI is InChI=1S/C4H3F2IN2/c5-4(6)9-2-8-1-3(9)7/h1-2,4H. The summed E-state index contributed by atoms with van der Waals surface area (Å²) in [6.07, 6.45) is 2.49. The predicted octanol–water partition coefficient (Wildman–Crippen LogP) is 1.88. The van der Waals surface area contributed by atoms with Crippen LogP contribution in [0.15, 0.2) is 12.5 Å². The minimum Gasteiger partial charge on any atom is -0.268 e. The summed E-state index contributed by atoms with van der Waals surface area (Å²) in [7, 11) is 0. The van der Waals surface area contributed by atoms with Crippen molar-refractivity contribution in [2.24, 2.45) is 0 Å². The van der Waals surface area contributed by atoms with Crippen LogP contribution >= 0.6 is 22.6 Å². The molecule has 1 aromatic heterocycles. The Morgan fingerprint density at radius 1 is 1.67 bits per heavy atom. The largest absolute Gasteiger partial charge is 0.320 e. The lowest BCUT2D eigenvalue weighted by molar-refractivity contribution is 0.0676. The van der Waals surface area contributed by atoms with Crippen molar-refractivity contribution < 1.29 is 8.78 Å². The van der Waals surface area contributed by atoms with E-state index in [9.17, 15) is 8.78 Å². The number of alkyl halides is 2. The highest BCUT2D eigenvalue weighted by molar-refractivity contribution is 14.1. The quantitative estimate of drug-likeness (QED) is 0.689. The van der Waals surface area contributed by atoms with Crippen LogP contribution in [-0.2, 0) is 0 Å². The normalized spacial score (nSPS) is 10.7. The summed E-state index contributed by atoms with van der Waals surface area (Å²) in [6, 6.07) is 0. The summed E-state index contributed by atoms with van der Waals surface area (Å²) < 4.78 is 24.8. The first-order valence-electron chi connectivity index (χ1n) is 2.17. The highest BCUT2D eigenvalue weighted by Gasteiger charge is 2.06. The molecule has 0 saturated heterocycles. The Morgan fingerprint density at radius 3 is 2.56 bits per heavy atom. The maximum Gasteiger partial charge on any atom is 0.320 e. The fraction of sp³-hybridized carbons (Fsp3) is 0.250. The number of hydrogen-bond donors (Lipinski definition) is 0. The van der Waals surface area contributed by atoms with Gasteiger partial charge in [0, 0.05) is 0 Å². The first-order valence-corrected chi connectivity index (χ1v) is 3.25. The Balaban J connectivity index is 2.94. The number of imidazole rings is 1. The zero-order valence-electron chi connectivity index (χ0n) is 4.26. The molecule has 2 nitrogen and oxygen atoms in total. The van der Waals surface area contributed by atoms with Crippen molar-refractivity contribution in [3.05, 3.63) is 16.2 Å². The lowest BCUT2D eigenvalue weighted by atomic mass is 10.9. The van der Waals surface area contributed by atoms with E-state index in [0.717, 1.165) is 10.9 Å². The molecule has 0 N–H and O–H groups in total. The van der Waals surface area contributed by atoms with Gasteiger partial charge in [0.2, 0.25) is 0 Å². The molecule has 0 saturated carbocycles. The van der Waals surface area contributed by atoms with Crippen molar-refractivity contribution in [1.29, 1.82) is 0 Å². The van der Waals surface area contributed by atoms with E-state index in [0.29, 0.717) is 3.70 Å². The van der Waals surface area contributed by atoms with E-state index < -0.39 is 6.55 Å². The van der Waals surface area contributed by atoms with Crippen LogP contribution in [0.4, 0.5) is 8.78 Å². The van der Waals surface area contributed by atoms with Crippen LogP contribution in [-0.4, -0.2) is 9.55 Å². The molecule has 0 spiro atoms. The Morgan fingerprint density at radius 2 is 2.33 bits per heavy atom. The van der Waals surface area contributed by atoms with Crippen LogP contribution in [0.1, 0.15) is 6.55 Å². The topological polar surface area (TPSA) is 17.8 Å². The highest BCUT2D eigenvalue weighted by Crippen LogP contribution is 2.13. The van der Waals surface area contributed by atoms with Gasteiger partial charge in [0.05, 0.1) is 12.5 Å². The van der Waals surface area contributed by atoms with Crippen molar-refractivity contribution in [3.8, 4) is 0 Å². The smallest absolute Gasteiger partial charge is 0.268 e. The summed E-state index contributed by atoms with van der Waals surface area (Å²) in [5.41, 5.74) is 0. The van der Waals surface area contributed by atoms with Crippen LogP contribution in [0.3, 0.4) is 0 Å². The highest BCUT2D eigenvalue weighted by atomic mass is 127. The van der Waals surface area contributed by atoms with Gasteiger partial charge in [0.15, 0.2) is 0 Å². The van der Waals surface area contributed by atoms with Crippen LogP contribution in [0.25, 0.3) is 0 Å². The summed E-state index contributed by atoms with van der Waals surface area (Å²) in [5, 5.41) is 0. The molecule has 0 bridgehead atoms. The maximum atomic E-state index is 11.8. The minimum absolute atomic E-state index is 0.447. The van der Waals surface area contributed by atoms with Gasteiger partial charge in [-0.15, -0.1) is 0 Å². The van der Waals surface area contributed by atoms with Crippen molar-refractivity contribution in [2.75, 3.05) is 0 Å². The van der Waals surface area contributed by atoms with Gasteiger partial charge in [-0.25, -0.2) is 4.98 Å². The summed E-state index contributed by atoms with van der Waals surface area (Å²) >= 11 is 1.79. The fourth-order valence-electron chi connectivity index (χ4n) is 0.432. The van der Waals surface area contributed by atoms with E-state index >= 15 is 0 Å². The average molecular weight is 244 g/mol. The number of hydrogen-bond acceptors (Lipinski definition) is 1. The van der Waals surface area contributed by atoms with Crippen LogP contribution in [0.5, 0.6) is 0 Å². The van der Waals surface area contributed by atoms with Crippen molar-refractivity contribution in [2.45, 2.75) is 6.55 Å². The molecule has 0 aromatic carbocycles. The molecule has 0 aliphatic heterocycles. The Labute approximate surface area is 64.0 Å². The van der Waals surface area contributed by atoms with Gasteiger partial charge in [0.25, 0.3) is 0 Å². The second-order valence-electron chi connectivity index (χ2n) is 1.40. The van der Waals surface area contributed by atoms with Crippen molar-refractivity contribution >= 4 is 22.6 Å². The van der Waals surface area contributed by atoms with Gasteiger partial charge in [0.1, 0.15) is 3.70 Å². The summed E-state index contributed by atoms with van der Waals surface area (Å²) in [6.45, 7) is -2.47. The maximum absolute atomic E-state index is 11.8. The number of nitrogens with zero attached hydrogens (tertiary/aromatic N) is 2. The van der Waals surface area contributed by atoms with E-state index in [1.165, 1.54) is 6.20 Å². The number of halogens is 3. The molecule has 0 aliphatic carbocycles. The van der Waals surface area contributed by atoms with Crippen molar-refractivity contribution in [3.63, 3.8) is 0 Å². The molecule has 0 unspecified atom stereocenters. The van der Waals surface area contributed by atoms with Gasteiger partial charge in [-0.1, -0.05) is 0 Å². The van der Waals surface area contributed by atoms with E-state index in [1.54, 1.807) is 22.6 Å². The molecule has 0 fully saturated rings. The molecule has 1 aromatic rings. The van der Waals surface area contributed by atoms with Crippen LogP contribution in [0.2, 0.25) is 0 Å². The van der Waals surface area contributed by atoms with E-state index in [4.69, 9.17) is 0 Å². The zero-order chi connectivity index (χ0) is 6.85.